The van der Waals surface area contributed by atoms with E-state index in [0.29, 0.717) is 0 Å². The summed E-state index contributed by atoms with van der Waals surface area (Å²) in [6.45, 7) is 12.9. The first-order valence-electron chi connectivity index (χ1n) is 15.6. The van der Waals surface area contributed by atoms with E-state index in [4.69, 9.17) is 0 Å². The number of hydrogen-bond acceptors (Lipinski definition) is 0. The van der Waals surface area contributed by atoms with Crippen molar-refractivity contribution >= 4 is 47.3 Å². The van der Waals surface area contributed by atoms with E-state index in [-0.39, 0.29) is 0 Å². The first-order chi connectivity index (χ1) is 21.7. The zero-order valence-electron chi connectivity index (χ0n) is 26.0. The Morgan fingerprint density at radius 1 is 0.523 bits per heavy atom. The van der Waals surface area contributed by atoms with Crippen LogP contribution >= 0.6 is 0 Å². The Morgan fingerprint density at radius 3 is 1.18 bits per heavy atom. The largest absolute Gasteiger partial charge is 0.179 e. The standard InChI is InChI=1S/C42H42Si2/c1-5-21-36(22-6-2)44(39-27-17-11-18-28-39,40-29-19-12-20-30-40)42-33-31-41(32-34-42)43(35(7-3)8-4,37-23-13-9-14-24-37)38-25-15-10-16-26-38/h5,7-21,23-34H,1,3,6,22H2,2,4H3. The van der Waals surface area contributed by atoms with Crippen LogP contribution in [0.15, 0.2) is 193 Å². The van der Waals surface area contributed by atoms with Crippen molar-refractivity contribution < 1.29 is 0 Å². The highest BCUT2D eigenvalue weighted by Crippen LogP contribution is 2.23. The van der Waals surface area contributed by atoms with E-state index < -0.39 is 16.1 Å². The third-order valence-electron chi connectivity index (χ3n) is 8.86. The molecule has 5 rings (SSSR count). The van der Waals surface area contributed by atoms with E-state index in [1.54, 1.807) is 0 Å². The topological polar surface area (TPSA) is 0 Å². The molecule has 2 heteroatoms. The predicted molar refractivity (Wildman–Crippen MR) is 199 cm³/mol. The number of rotatable bonds is 12. The van der Waals surface area contributed by atoms with Gasteiger partial charge in [-0.1, -0.05) is 207 Å². The van der Waals surface area contributed by atoms with Crippen molar-refractivity contribution in [3.05, 3.63) is 193 Å². The van der Waals surface area contributed by atoms with Crippen molar-refractivity contribution in [1.82, 2.24) is 0 Å². The van der Waals surface area contributed by atoms with E-state index in [1.165, 1.54) is 41.5 Å². The van der Waals surface area contributed by atoms with Crippen LogP contribution in [0.25, 0.3) is 0 Å². The van der Waals surface area contributed by atoms with Gasteiger partial charge < -0.3 is 0 Å². The third kappa shape index (κ3) is 5.48. The molecule has 0 bridgehead atoms. The molecule has 0 N–H and O–H groups in total. The Hall–Kier alpha value is -4.51. The first kappa shape index (κ1) is 30.9. The second kappa shape index (κ2) is 14.3. The number of allylic oxidation sites excluding steroid dienone is 6. The van der Waals surface area contributed by atoms with Gasteiger partial charge in [-0.05, 0) is 44.5 Å². The van der Waals surface area contributed by atoms with E-state index in [2.05, 4.69) is 191 Å². The van der Waals surface area contributed by atoms with Gasteiger partial charge in [0.15, 0.2) is 16.1 Å². The lowest BCUT2D eigenvalue weighted by Gasteiger charge is -2.38. The van der Waals surface area contributed by atoms with Crippen LogP contribution in [0.5, 0.6) is 0 Å². The van der Waals surface area contributed by atoms with Crippen LogP contribution in [0.1, 0.15) is 26.7 Å². The van der Waals surface area contributed by atoms with Crippen molar-refractivity contribution in [3.8, 4) is 0 Å². The molecule has 0 aliphatic carbocycles. The Labute approximate surface area is 266 Å². The van der Waals surface area contributed by atoms with Gasteiger partial charge in [-0.25, -0.2) is 0 Å². The summed E-state index contributed by atoms with van der Waals surface area (Å²) in [4.78, 5) is 0. The maximum absolute atomic E-state index is 4.33. The van der Waals surface area contributed by atoms with Gasteiger partial charge in [0, 0.05) is 0 Å². The van der Waals surface area contributed by atoms with Gasteiger partial charge in [0.2, 0.25) is 0 Å². The van der Waals surface area contributed by atoms with E-state index in [0.717, 1.165) is 12.8 Å². The van der Waals surface area contributed by atoms with Gasteiger partial charge >= 0.3 is 0 Å². The summed E-state index contributed by atoms with van der Waals surface area (Å²) < 4.78 is 0. The Balaban J connectivity index is 1.86. The van der Waals surface area contributed by atoms with Crippen molar-refractivity contribution in [2.75, 3.05) is 0 Å². The summed E-state index contributed by atoms with van der Waals surface area (Å²) in [6, 6.07) is 54.2. The smallest absolute Gasteiger partial charge is 0.0992 e. The van der Waals surface area contributed by atoms with Crippen LogP contribution in [-0.2, 0) is 0 Å². The molecule has 5 aromatic rings. The maximum atomic E-state index is 4.33. The normalized spacial score (nSPS) is 12.5. The Morgan fingerprint density at radius 2 is 0.864 bits per heavy atom. The van der Waals surface area contributed by atoms with Gasteiger partial charge in [0.25, 0.3) is 0 Å². The number of hydrogen-bond donors (Lipinski definition) is 0. The fourth-order valence-electron chi connectivity index (χ4n) is 7.07. The molecule has 0 fully saturated rings. The van der Waals surface area contributed by atoms with E-state index >= 15 is 0 Å². The van der Waals surface area contributed by atoms with E-state index in [9.17, 15) is 0 Å². The lowest BCUT2D eigenvalue weighted by molar-refractivity contribution is 0.939. The monoisotopic (exact) mass is 602 g/mol. The van der Waals surface area contributed by atoms with Crippen LogP contribution in [0, 0.1) is 0 Å². The molecule has 44 heavy (non-hydrogen) atoms. The van der Waals surface area contributed by atoms with Gasteiger partial charge in [-0.15, -0.1) is 0 Å². The van der Waals surface area contributed by atoms with Crippen LogP contribution in [0.2, 0.25) is 0 Å². The van der Waals surface area contributed by atoms with Gasteiger partial charge in [-0.3, -0.25) is 0 Å². The average molecular weight is 603 g/mol. The highest BCUT2D eigenvalue weighted by molar-refractivity contribution is 7.17. The molecular formula is C42H42Si2. The highest BCUT2D eigenvalue weighted by Gasteiger charge is 2.44. The molecule has 0 aromatic heterocycles. The first-order valence-corrected chi connectivity index (χ1v) is 19.6. The lowest BCUT2D eigenvalue weighted by Crippen LogP contribution is -2.70. The molecule has 5 aromatic carbocycles. The molecule has 0 heterocycles. The molecule has 0 saturated carbocycles. The molecule has 0 aliphatic heterocycles. The van der Waals surface area contributed by atoms with Crippen LogP contribution < -0.4 is 31.1 Å². The highest BCUT2D eigenvalue weighted by atomic mass is 28.3. The van der Waals surface area contributed by atoms with Crippen LogP contribution in [-0.4, -0.2) is 16.1 Å². The lowest BCUT2D eigenvalue weighted by atomic mass is 10.3. The molecule has 0 nitrogen and oxygen atoms in total. The minimum atomic E-state index is -2.62. The minimum absolute atomic E-state index is 1.02. The summed E-state index contributed by atoms with van der Waals surface area (Å²) in [5.74, 6) is 0. The molecule has 0 amide bonds. The van der Waals surface area contributed by atoms with Gasteiger partial charge in [0.05, 0.1) is 0 Å². The Kier molecular flexibility index (Phi) is 10.1. The molecule has 0 unspecified atom stereocenters. The summed E-state index contributed by atoms with van der Waals surface area (Å²) in [7, 11) is -5.23. The maximum Gasteiger partial charge on any atom is 0.179 e. The molecule has 0 spiro atoms. The fourth-order valence-corrected chi connectivity index (χ4v) is 17.0. The summed E-state index contributed by atoms with van der Waals surface area (Å²) in [5.41, 5.74) is 0. The van der Waals surface area contributed by atoms with Gasteiger partial charge in [-0.2, -0.15) is 0 Å². The predicted octanol–water partition coefficient (Wildman–Crippen LogP) is 6.75. The zero-order valence-corrected chi connectivity index (χ0v) is 28.0. The van der Waals surface area contributed by atoms with Crippen molar-refractivity contribution in [2.45, 2.75) is 26.7 Å². The molecule has 0 radical (unpaired) electrons. The van der Waals surface area contributed by atoms with Crippen molar-refractivity contribution in [2.24, 2.45) is 0 Å². The minimum Gasteiger partial charge on any atom is -0.0992 e. The second-order valence-corrected chi connectivity index (χ2v) is 18.9. The Bertz CT molecular complexity index is 1640. The van der Waals surface area contributed by atoms with Crippen LogP contribution in [0.3, 0.4) is 0 Å². The zero-order chi connectivity index (χ0) is 30.8. The van der Waals surface area contributed by atoms with Gasteiger partial charge in [0.1, 0.15) is 0 Å². The van der Waals surface area contributed by atoms with E-state index in [1.807, 2.05) is 6.08 Å². The molecule has 0 atom stereocenters. The molecule has 218 valence electrons. The van der Waals surface area contributed by atoms with Crippen molar-refractivity contribution in [1.29, 1.82) is 0 Å². The quantitative estimate of drug-likeness (QED) is 0.0842. The molecule has 0 aliphatic rings. The van der Waals surface area contributed by atoms with Crippen LogP contribution in [0.4, 0.5) is 0 Å². The summed E-state index contributed by atoms with van der Waals surface area (Å²) in [6.07, 6.45) is 10.7. The third-order valence-corrected chi connectivity index (χ3v) is 18.8. The summed E-state index contributed by atoms with van der Waals surface area (Å²) >= 11 is 0. The second-order valence-electron chi connectivity index (χ2n) is 11.2. The summed E-state index contributed by atoms with van der Waals surface area (Å²) in [5, 5.41) is 11.1. The molecular weight excluding hydrogens is 561 g/mol. The SMILES string of the molecule is C=CC=C(CCC)[Si](c1ccccc1)(c1ccccc1)c1ccc([Si](C(C=C)=CC)(c2ccccc2)c2ccccc2)cc1. The fraction of sp³-hybridized carbons (Fsp3) is 0.0952. The average Bonchev–Trinajstić information content (AvgIpc) is 3.10. The van der Waals surface area contributed by atoms with Crippen molar-refractivity contribution in [3.63, 3.8) is 0 Å². The molecule has 0 saturated heterocycles. The number of benzene rings is 5.